The van der Waals surface area contributed by atoms with E-state index < -0.39 is 0 Å². The first-order chi connectivity index (χ1) is 7.24. The van der Waals surface area contributed by atoms with Gasteiger partial charge in [-0.25, -0.2) is 0 Å². The molecule has 0 aromatic carbocycles. The van der Waals surface area contributed by atoms with Gasteiger partial charge in [-0.15, -0.1) is 0 Å². The van der Waals surface area contributed by atoms with Crippen molar-refractivity contribution >= 4 is 5.69 Å². The minimum atomic E-state index is -0.105. The zero-order chi connectivity index (χ0) is 10.8. The van der Waals surface area contributed by atoms with Gasteiger partial charge in [-0.2, -0.15) is 0 Å². The molecule has 82 valence electrons. The van der Waals surface area contributed by atoms with Crippen LogP contribution in [0.1, 0.15) is 25.3 Å². The second kappa shape index (κ2) is 4.06. The van der Waals surface area contributed by atoms with E-state index in [9.17, 15) is 4.79 Å². The van der Waals surface area contributed by atoms with Gasteiger partial charge in [-0.1, -0.05) is 0 Å². The van der Waals surface area contributed by atoms with Crippen LogP contribution in [0.15, 0.2) is 23.1 Å². The van der Waals surface area contributed by atoms with Gasteiger partial charge in [0.2, 0.25) is 0 Å². The molecule has 0 aliphatic heterocycles. The normalized spacial score (nSPS) is 25.7. The van der Waals surface area contributed by atoms with Crippen molar-refractivity contribution in [2.75, 3.05) is 12.8 Å². The summed E-state index contributed by atoms with van der Waals surface area (Å²) in [6.07, 6.45) is 5.04. The number of methoxy groups -OCH3 is 1. The summed E-state index contributed by atoms with van der Waals surface area (Å²) in [7, 11) is 1.69. The average Bonchev–Trinajstić information content (AvgIpc) is 2.70. The summed E-state index contributed by atoms with van der Waals surface area (Å²) in [5, 5.41) is 0. The molecule has 1 unspecified atom stereocenters. The summed E-state index contributed by atoms with van der Waals surface area (Å²) in [5.74, 6) is 0. The van der Waals surface area contributed by atoms with Crippen molar-refractivity contribution in [2.24, 2.45) is 0 Å². The largest absolute Gasteiger partial charge is 0.394 e. The Morgan fingerprint density at radius 3 is 3.07 bits per heavy atom. The predicted octanol–water partition coefficient (Wildman–Crippen LogP) is 1.17. The topological polar surface area (TPSA) is 57.2 Å². The molecule has 1 aliphatic carbocycles. The number of anilines is 1. The maximum atomic E-state index is 11.8. The quantitative estimate of drug-likeness (QED) is 0.793. The van der Waals surface area contributed by atoms with E-state index in [1.54, 1.807) is 23.9 Å². The first-order valence-electron chi connectivity index (χ1n) is 5.23. The molecule has 0 spiro atoms. The third-order valence-corrected chi connectivity index (χ3v) is 3.08. The van der Waals surface area contributed by atoms with Gasteiger partial charge in [0.15, 0.2) is 0 Å². The Labute approximate surface area is 88.7 Å². The fourth-order valence-electron chi connectivity index (χ4n) is 2.29. The molecule has 0 bridgehead atoms. The Morgan fingerprint density at radius 1 is 1.53 bits per heavy atom. The van der Waals surface area contributed by atoms with Crippen molar-refractivity contribution in [1.29, 1.82) is 0 Å². The smallest absolute Gasteiger partial charge is 0.274 e. The molecule has 0 amide bonds. The number of hydrogen-bond donors (Lipinski definition) is 1. The Bertz CT molecular complexity index is 400. The number of hydrogen-bond acceptors (Lipinski definition) is 3. The van der Waals surface area contributed by atoms with Gasteiger partial charge in [0.25, 0.3) is 5.56 Å². The standard InChI is InChI=1S/C11H16N2O2/c1-15-10-6-2-5-9(10)13-7-3-4-8(12)11(13)14/h3-4,7,9-10H,2,5-6,12H2,1H3/t9?,10-/m1/s1. The van der Waals surface area contributed by atoms with Crippen LogP contribution in [0.25, 0.3) is 0 Å². The van der Waals surface area contributed by atoms with Gasteiger partial charge in [0, 0.05) is 13.3 Å². The van der Waals surface area contributed by atoms with Crippen molar-refractivity contribution in [3.8, 4) is 0 Å². The molecule has 1 saturated carbocycles. The number of nitrogens with zero attached hydrogens (tertiary/aromatic N) is 1. The highest BCUT2D eigenvalue weighted by Crippen LogP contribution is 2.30. The van der Waals surface area contributed by atoms with Gasteiger partial charge in [0.1, 0.15) is 0 Å². The predicted molar refractivity (Wildman–Crippen MR) is 58.8 cm³/mol. The van der Waals surface area contributed by atoms with E-state index in [2.05, 4.69) is 0 Å². The minimum absolute atomic E-state index is 0.105. The van der Waals surface area contributed by atoms with E-state index in [1.807, 2.05) is 6.07 Å². The average molecular weight is 208 g/mol. The highest BCUT2D eigenvalue weighted by Gasteiger charge is 2.29. The van der Waals surface area contributed by atoms with Gasteiger partial charge in [0.05, 0.1) is 17.8 Å². The third-order valence-electron chi connectivity index (χ3n) is 3.08. The molecular formula is C11H16N2O2. The van der Waals surface area contributed by atoms with E-state index in [4.69, 9.17) is 10.5 Å². The molecular weight excluding hydrogens is 192 g/mol. The Kier molecular flexibility index (Phi) is 2.77. The van der Waals surface area contributed by atoms with Gasteiger partial charge in [-0.05, 0) is 31.4 Å². The molecule has 15 heavy (non-hydrogen) atoms. The maximum Gasteiger partial charge on any atom is 0.274 e. The van der Waals surface area contributed by atoms with Crippen molar-refractivity contribution in [1.82, 2.24) is 4.57 Å². The lowest BCUT2D eigenvalue weighted by Crippen LogP contribution is -2.30. The number of nitrogen functional groups attached to an aromatic ring is 1. The number of aromatic nitrogens is 1. The molecule has 2 N–H and O–H groups in total. The summed E-state index contributed by atoms with van der Waals surface area (Å²) in [5.41, 5.74) is 5.80. The molecule has 1 aliphatic rings. The lowest BCUT2D eigenvalue weighted by atomic mass is 10.2. The van der Waals surface area contributed by atoms with Crippen molar-refractivity contribution in [2.45, 2.75) is 31.4 Å². The molecule has 4 heteroatoms. The summed E-state index contributed by atoms with van der Waals surface area (Å²) in [6, 6.07) is 3.59. The second-order valence-corrected chi connectivity index (χ2v) is 3.95. The molecule has 1 aromatic heterocycles. The highest BCUT2D eigenvalue weighted by molar-refractivity contribution is 5.33. The lowest BCUT2D eigenvalue weighted by Gasteiger charge is -2.20. The second-order valence-electron chi connectivity index (χ2n) is 3.95. The highest BCUT2D eigenvalue weighted by atomic mass is 16.5. The van der Waals surface area contributed by atoms with Crippen LogP contribution in [0.5, 0.6) is 0 Å². The number of ether oxygens (including phenoxy) is 1. The van der Waals surface area contributed by atoms with E-state index >= 15 is 0 Å². The molecule has 4 nitrogen and oxygen atoms in total. The fraction of sp³-hybridized carbons (Fsp3) is 0.545. The molecule has 1 aromatic rings. The summed E-state index contributed by atoms with van der Waals surface area (Å²) >= 11 is 0. The van der Waals surface area contributed by atoms with E-state index in [-0.39, 0.29) is 17.7 Å². The van der Waals surface area contributed by atoms with Crippen molar-refractivity contribution < 1.29 is 4.74 Å². The van der Waals surface area contributed by atoms with Crippen LogP contribution >= 0.6 is 0 Å². The van der Waals surface area contributed by atoms with Gasteiger partial charge >= 0.3 is 0 Å². The van der Waals surface area contributed by atoms with Crippen LogP contribution in [0.3, 0.4) is 0 Å². The summed E-state index contributed by atoms with van der Waals surface area (Å²) in [6.45, 7) is 0. The third kappa shape index (κ3) is 1.77. The molecule has 0 radical (unpaired) electrons. The monoisotopic (exact) mass is 208 g/mol. The van der Waals surface area contributed by atoms with Crippen LogP contribution in [0.4, 0.5) is 5.69 Å². The van der Waals surface area contributed by atoms with Crippen LogP contribution in [0, 0.1) is 0 Å². The molecule has 2 rings (SSSR count). The molecule has 1 heterocycles. The molecule has 2 atom stereocenters. The first-order valence-corrected chi connectivity index (χ1v) is 5.23. The minimum Gasteiger partial charge on any atom is -0.394 e. The zero-order valence-corrected chi connectivity index (χ0v) is 8.85. The lowest BCUT2D eigenvalue weighted by molar-refractivity contribution is 0.0739. The van der Waals surface area contributed by atoms with Gasteiger partial charge in [-0.3, -0.25) is 4.79 Å². The number of nitrogens with two attached hydrogens (primary N) is 1. The Hall–Kier alpha value is -1.29. The summed E-state index contributed by atoms with van der Waals surface area (Å²) in [4.78, 5) is 11.8. The number of pyridine rings is 1. The van der Waals surface area contributed by atoms with Crippen molar-refractivity contribution in [3.05, 3.63) is 28.7 Å². The van der Waals surface area contributed by atoms with Crippen LogP contribution in [-0.2, 0) is 4.74 Å². The summed E-state index contributed by atoms with van der Waals surface area (Å²) < 4.78 is 7.08. The van der Waals surface area contributed by atoms with E-state index in [1.165, 1.54) is 0 Å². The van der Waals surface area contributed by atoms with E-state index in [0.717, 1.165) is 19.3 Å². The Balaban J connectivity index is 2.37. The Morgan fingerprint density at radius 2 is 2.33 bits per heavy atom. The number of rotatable bonds is 2. The zero-order valence-electron chi connectivity index (χ0n) is 8.85. The maximum absolute atomic E-state index is 11.8. The first kappa shape index (κ1) is 10.2. The molecule has 0 saturated heterocycles. The van der Waals surface area contributed by atoms with Crippen LogP contribution < -0.4 is 11.3 Å². The molecule has 1 fully saturated rings. The fourth-order valence-corrected chi connectivity index (χ4v) is 2.29. The van der Waals surface area contributed by atoms with Gasteiger partial charge < -0.3 is 15.0 Å². The van der Waals surface area contributed by atoms with E-state index in [0.29, 0.717) is 5.69 Å². The van der Waals surface area contributed by atoms with Crippen LogP contribution in [0.2, 0.25) is 0 Å². The SMILES string of the molecule is CO[C@@H]1CCCC1n1cccc(N)c1=O. The van der Waals surface area contributed by atoms with Crippen LogP contribution in [-0.4, -0.2) is 17.8 Å². The van der Waals surface area contributed by atoms with Crippen molar-refractivity contribution in [3.63, 3.8) is 0 Å².